The van der Waals surface area contributed by atoms with Crippen molar-refractivity contribution in [1.29, 1.82) is 0 Å². The Bertz CT molecular complexity index is 762. The molecule has 4 nitrogen and oxygen atoms in total. The van der Waals surface area contributed by atoms with E-state index >= 15 is 0 Å². The van der Waals surface area contributed by atoms with Crippen molar-refractivity contribution in [2.75, 3.05) is 0 Å². The zero-order valence-electron chi connectivity index (χ0n) is 10.5. The normalized spacial score (nSPS) is 10.7. The molecule has 5 heteroatoms. The van der Waals surface area contributed by atoms with Crippen molar-refractivity contribution >= 4 is 27.0 Å². The van der Waals surface area contributed by atoms with Crippen LogP contribution in [-0.2, 0) is 6.61 Å². The molecule has 0 saturated carbocycles. The molecule has 0 spiro atoms. The second-order valence-corrected chi connectivity index (χ2v) is 5.15. The summed E-state index contributed by atoms with van der Waals surface area (Å²) in [6.45, 7) is -0.0144. The SMILES string of the molecule is OCc1cccc(Oc2ccnc3cc(Br)cnc23)c1. The first kappa shape index (κ1) is 13.0. The molecule has 0 aliphatic carbocycles. The smallest absolute Gasteiger partial charge is 0.156 e. The van der Waals surface area contributed by atoms with Crippen LogP contribution in [0.1, 0.15) is 5.56 Å². The van der Waals surface area contributed by atoms with Gasteiger partial charge >= 0.3 is 0 Å². The number of hydrogen-bond donors (Lipinski definition) is 1. The van der Waals surface area contributed by atoms with Gasteiger partial charge in [0, 0.05) is 22.9 Å². The number of hydrogen-bond acceptors (Lipinski definition) is 4. The third kappa shape index (κ3) is 2.64. The third-order valence-electron chi connectivity index (χ3n) is 2.82. The van der Waals surface area contributed by atoms with Crippen molar-refractivity contribution in [3.63, 3.8) is 0 Å². The van der Waals surface area contributed by atoms with E-state index in [1.54, 1.807) is 24.5 Å². The van der Waals surface area contributed by atoms with Gasteiger partial charge in [0.05, 0.1) is 12.1 Å². The molecule has 0 fully saturated rings. The number of fused-ring (bicyclic) bond motifs is 1. The van der Waals surface area contributed by atoms with Gasteiger partial charge in [-0.15, -0.1) is 0 Å². The van der Waals surface area contributed by atoms with Crippen LogP contribution in [0.25, 0.3) is 11.0 Å². The van der Waals surface area contributed by atoms with Gasteiger partial charge in [-0.25, -0.2) is 4.98 Å². The van der Waals surface area contributed by atoms with Gasteiger partial charge in [0.15, 0.2) is 5.75 Å². The summed E-state index contributed by atoms with van der Waals surface area (Å²) in [7, 11) is 0. The Morgan fingerprint density at radius 1 is 1.15 bits per heavy atom. The van der Waals surface area contributed by atoms with E-state index in [1.807, 2.05) is 24.3 Å². The summed E-state index contributed by atoms with van der Waals surface area (Å²) in [5.74, 6) is 1.30. The predicted octanol–water partition coefficient (Wildman–Crippen LogP) is 3.68. The largest absolute Gasteiger partial charge is 0.455 e. The van der Waals surface area contributed by atoms with E-state index < -0.39 is 0 Å². The molecule has 0 bridgehead atoms. The van der Waals surface area contributed by atoms with Gasteiger partial charge in [0.2, 0.25) is 0 Å². The predicted molar refractivity (Wildman–Crippen MR) is 79.7 cm³/mol. The van der Waals surface area contributed by atoms with Crippen LogP contribution in [0.3, 0.4) is 0 Å². The minimum Gasteiger partial charge on any atom is -0.455 e. The minimum atomic E-state index is -0.0144. The van der Waals surface area contributed by atoms with Crippen LogP contribution < -0.4 is 4.74 Å². The van der Waals surface area contributed by atoms with Gasteiger partial charge in [-0.3, -0.25) is 4.98 Å². The monoisotopic (exact) mass is 330 g/mol. The van der Waals surface area contributed by atoms with Crippen LogP contribution in [0.4, 0.5) is 0 Å². The van der Waals surface area contributed by atoms with Crippen molar-refractivity contribution in [2.45, 2.75) is 6.61 Å². The number of benzene rings is 1. The summed E-state index contributed by atoms with van der Waals surface area (Å²) in [6.07, 6.45) is 3.39. The van der Waals surface area contributed by atoms with Crippen LogP contribution in [-0.4, -0.2) is 15.1 Å². The first-order valence-corrected chi connectivity index (χ1v) is 6.83. The van der Waals surface area contributed by atoms with Crippen molar-refractivity contribution < 1.29 is 9.84 Å². The third-order valence-corrected chi connectivity index (χ3v) is 3.25. The van der Waals surface area contributed by atoms with Gasteiger partial charge in [0.1, 0.15) is 11.3 Å². The summed E-state index contributed by atoms with van der Waals surface area (Å²) >= 11 is 3.37. The van der Waals surface area contributed by atoms with E-state index in [0.717, 1.165) is 15.6 Å². The van der Waals surface area contributed by atoms with Crippen molar-refractivity contribution in [1.82, 2.24) is 9.97 Å². The van der Waals surface area contributed by atoms with Crippen LogP contribution in [0.2, 0.25) is 0 Å². The molecule has 3 rings (SSSR count). The molecule has 0 saturated heterocycles. The molecule has 0 unspecified atom stereocenters. The Morgan fingerprint density at radius 3 is 2.90 bits per heavy atom. The number of aliphatic hydroxyl groups is 1. The fourth-order valence-corrected chi connectivity index (χ4v) is 2.22. The summed E-state index contributed by atoms with van der Waals surface area (Å²) < 4.78 is 6.72. The molecule has 0 radical (unpaired) electrons. The maximum atomic E-state index is 9.15. The fraction of sp³-hybridized carbons (Fsp3) is 0.0667. The Kier molecular flexibility index (Phi) is 3.62. The number of aromatic nitrogens is 2. The molecular weight excluding hydrogens is 320 g/mol. The zero-order chi connectivity index (χ0) is 13.9. The standard InChI is InChI=1S/C15H11BrN2O2/c16-11-7-13-15(18-8-11)14(4-5-17-13)20-12-3-1-2-10(6-12)9-19/h1-8,19H,9H2. The number of pyridine rings is 2. The van der Waals surface area contributed by atoms with E-state index in [-0.39, 0.29) is 6.61 Å². The van der Waals surface area contributed by atoms with Crippen LogP contribution in [0, 0.1) is 0 Å². The van der Waals surface area contributed by atoms with Crippen LogP contribution in [0.15, 0.2) is 53.3 Å². The number of halogens is 1. The molecule has 0 amide bonds. The van der Waals surface area contributed by atoms with Gasteiger partial charge in [-0.1, -0.05) is 12.1 Å². The first-order valence-electron chi connectivity index (χ1n) is 6.04. The summed E-state index contributed by atoms with van der Waals surface area (Å²) in [5.41, 5.74) is 2.26. The molecular formula is C15H11BrN2O2. The molecule has 1 N–H and O–H groups in total. The minimum absolute atomic E-state index is 0.0144. The number of nitrogens with zero attached hydrogens (tertiary/aromatic N) is 2. The lowest BCUT2D eigenvalue weighted by Crippen LogP contribution is -1.91. The summed E-state index contributed by atoms with van der Waals surface area (Å²) in [5, 5.41) is 9.15. The second kappa shape index (κ2) is 5.56. The lowest BCUT2D eigenvalue weighted by molar-refractivity contribution is 0.281. The molecule has 2 aromatic heterocycles. The van der Waals surface area contributed by atoms with Crippen LogP contribution >= 0.6 is 15.9 Å². The maximum absolute atomic E-state index is 9.15. The Hall–Kier alpha value is -1.98. The van der Waals surface area contributed by atoms with E-state index in [0.29, 0.717) is 17.0 Å². The molecule has 20 heavy (non-hydrogen) atoms. The highest BCUT2D eigenvalue weighted by Crippen LogP contribution is 2.28. The molecule has 0 atom stereocenters. The van der Waals surface area contributed by atoms with Gasteiger partial charge in [-0.05, 0) is 39.7 Å². The summed E-state index contributed by atoms with van der Waals surface area (Å²) in [6, 6.07) is 11.0. The first-order chi connectivity index (χ1) is 9.76. The zero-order valence-corrected chi connectivity index (χ0v) is 12.0. The topological polar surface area (TPSA) is 55.2 Å². The van der Waals surface area contributed by atoms with E-state index in [2.05, 4.69) is 25.9 Å². The highest BCUT2D eigenvalue weighted by atomic mass is 79.9. The molecule has 2 heterocycles. The summed E-state index contributed by atoms with van der Waals surface area (Å²) in [4.78, 5) is 8.60. The number of aliphatic hydroxyl groups excluding tert-OH is 1. The van der Waals surface area contributed by atoms with E-state index in [1.165, 1.54) is 0 Å². The highest BCUT2D eigenvalue weighted by Gasteiger charge is 2.06. The molecule has 3 aromatic rings. The van der Waals surface area contributed by atoms with Crippen molar-refractivity contribution in [2.24, 2.45) is 0 Å². The van der Waals surface area contributed by atoms with E-state index in [4.69, 9.17) is 9.84 Å². The highest BCUT2D eigenvalue weighted by molar-refractivity contribution is 9.10. The average molecular weight is 331 g/mol. The lowest BCUT2D eigenvalue weighted by atomic mass is 10.2. The lowest BCUT2D eigenvalue weighted by Gasteiger charge is -2.08. The maximum Gasteiger partial charge on any atom is 0.156 e. The Morgan fingerprint density at radius 2 is 2.05 bits per heavy atom. The van der Waals surface area contributed by atoms with Crippen molar-refractivity contribution in [3.8, 4) is 11.5 Å². The Balaban J connectivity index is 2.02. The molecule has 0 aliphatic heterocycles. The number of rotatable bonds is 3. The van der Waals surface area contributed by atoms with Crippen molar-refractivity contribution in [3.05, 3.63) is 58.8 Å². The average Bonchev–Trinajstić information content (AvgIpc) is 2.47. The Labute approximate surface area is 124 Å². The molecule has 100 valence electrons. The van der Waals surface area contributed by atoms with Crippen LogP contribution in [0.5, 0.6) is 11.5 Å². The number of ether oxygens (including phenoxy) is 1. The van der Waals surface area contributed by atoms with Gasteiger partial charge < -0.3 is 9.84 Å². The second-order valence-electron chi connectivity index (χ2n) is 4.24. The molecule has 1 aromatic carbocycles. The molecule has 0 aliphatic rings. The fourth-order valence-electron chi connectivity index (χ4n) is 1.90. The van der Waals surface area contributed by atoms with E-state index in [9.17, 15) is 0 Å². The van der Waals surface area contributed by atoms with Gasteiger partial charge in [-0.2, -0.15) is 0 Å². The van der Waals surface area contributed by atoms with Gasteiger partial charge in [0.25, 0.3) is 0 Å². The quantitative estimate of drug-likeness (QED) is 0.795.